The van der Waals surface area contributed by atoms with Gasteiger partial charge in [0.1, 0.15) is 11.5 Å². The Bertz CT molecular complexity index is 999. The van der Waals surface area contributed by atoms with Crippen LogP contribution in [-0.2, 0) is 0 Å². The van der Waals surface area contributed by atoms with Crippen LogP contribution in [0.3, 0.4) is 0 Å². The summed E-state index contributed by atoms with van der Waals surface area (Å²) in [6.45, 7) is 2.64. The minimum absolute atomic E-state index is 0.349. The van der Waals surface area contributed by atoms with Crippen LogP contribution in [0.2, 0.25) is 0 Å². The molecular formula is C22H23N3O4. The Kier molecular flexibility index (Phi) is 7.00. The molecule has 1 heterocycles. The van der Waals surface area contributed by atoms with Crippen molar-refractivity contribution in [2.45, 2.75) is 19.8 Å². The van der Waals surface area contributed by atoms with Gasteiger partial charge >= 0.3 is 6.09 Å². The fraction of sp³-hybridized carbons (Fsp3) is 0.227. The molecule has 0 N–H and O–H groups in total. The molecule has 150 valence electrons. The highest BCUT2D eigenvalue weighted by molar-refractivity contribution is 5.71. The van der Waals surface area contributed by atoms with E-state index >= 15 is 0 Å². The summed E-state index contributed by atoms with van der Waals surface area (Å²) in [6.07, 6.45) is 2.68. The summed E-state index contributed by atoms with van der Waals surface area (Å²) in [5.41, 5.74) is 0.853. The Balaban J connectivity index is 1.83. The van der Waals surface area contributed by atoms with Crippen LogP contribution in [0.1, 0.15) is 19.8 Å². The van der Waals surface area contributed by atoms with Gasteiger partial charge in [-0.25, -0.2) is 9.48 Å². The van der Waals surface area contributed by atoms with Gasteiger partial charge in [-0.2, -0.15) is 10.1 Å². The molecule has 0 saturated carbocycles. The maximum Gasteiger partial charge on any atom is 0.439 e. The number of carbonyl (C=O) groups excluding carboxylic acids is 1. The molecule has 0 atom stereocenters. The van der Waals surface area contributed by atoms with Crippen molar-refractivity contribution in [2.75, 3.05) is 13.7 Å². The smallest absolute Gasteiger partial charge is 0.439 e. The third-order valence-corrected chi connectivity index (χ3v) is 4.02. The number of benzene rings is 2. The van der Waals surface area contributed by atoms with Crippen LogP contribution in [0.5, 0.6) is 17.4 Å². The number of carbonyl (C=O) groups is 1. The van der Waals surface area contributed by atoms with E-state index in [1.807, 2.05) is 30.3 Å². The third-order valence-electron chi connectivity index (χ3n) is 4.02. The van der Waals surface area contributed by atoms with Crippen LogP contribution in [0, 0.1) is 0 Å². The Hall–Kier alpha value is -3.61. The van der Waals surface area contributed by atoms with Gasteiger partial charge in [0.05, 0.1) is 31.0 Å². The van der Waals surface area contributed by atoms with Crippen LogP contribution in [0.15, 0.2) is 71.9 Å². The van der Waals surface area contributed by atoms with Crippen LogP contribution in [0.25, 0.3) is 5.69 Å². The van der Waals surface area contributed by atoms with Crippen molar-refractivity contribution < 1.29 is 19.0 Å². The zero-order chi connectivity index (χ0) is 20.5. The number of methoxy groups -OCH3 is 1. The molecule has 0 radical (unpaired) electrons. The first kappa shape index (κ1) is 20.1. The molecule has 1 amide bonds. The minimum atomic E-state index is -0.742. The predicted molar refractivity (Wildman–Crippen MR) is 109 cm³/mol. The second kappa shape index (κ2) is 10.1. The van der Waals surface area contributed by atoms with E-state index in [0.717, 1.165) is 18.5 Å². The SMILES string of the molecule is CCCCOc1cc(=NC(=O)Oc2ccc(OC)cc2)cnn1-c1ccccc1. The van der Waals surface area contributed by atoms with E-state index in [4.69, 9.17) is 14.2 Å². The number of rotatable bonds is 7. The van der Waals surface area contributed by atoms with Gasteiger partial charge in [0.15, 0.2) is 0 Å². The van der Waals surface area contributed by atoms with E-state index < -0.39 is 6.09 Å². The summed E-state index contributed by atoms with van der Waals surface area (Å²) in [4.78, 5) is 16.1. The lowest BCUT2D eigenvalue weighted by Crippen LogP contribution is -2.16. The number of para-hydroxylation sites is 1. The molecular weight excluding hydrogens is 370 g/mol. The first-order valence-corrected chi connectivity index (χ1v) is 9.38. The molecule has 0 unspecified atom stereocenters. The first-order valence-electron chi connectivity index (χ1n) is 9.38. The molecule has 7 heteroatoms. The lowest BCUT2D eigenvalue weighted by molar-refractivity contribution is 0.210. The molecule has 0 saturated heterocycles. The Morgan fingerprint density at radius 3 is 2.48 bits per heavy atom. The van der Waals surface area contributed by atoms with Crippen molar-refractivity contribution in [1.29, 1.82) is 0 Å². The lowest BCUT2D eigenvalue weighted by Gasteiger charge is -2.13. The molecule has 0 fully saturated rings. The van der Waals surface area contributed by atoms with E-state index in [1.165, 1.54) is 6.20 Å². The lowest BCUT2D eigenvalue weighted by atomic mass is 10.3. The maximum atomic E-state index is 12.2. The number of aromatic nitrogens is 2. The molecule has 0 aliphatic carbocycles. The van der Waals surface area contributed by atoms with Crippen LogP contribution < -0.4 is 19.6 Å². The Morgan fingerprint density at radius 1 is 1.07 bits per heavy atom. The van der Waals surface area contributed by atoms with Gasteiger partial charge in [0, 0.05) is 6.07 Å². The van der Waals surface area contributed by atoms with Crippen molar-refractivity contribution >= 4 is 6.09 Å². The standard InChI is InChI=1S/C22H23N3O4/c1-3-4-14-28-21-15-17(16-23-25(21)18-8-6-5-7-9-18)24-22(26)29-20-12-10-19(27-2)11-13-20/h5-13,15-16H,3-4,14H2,1-2H3. The van der Waals surface area contributed by atoms with Crippen LogP contribution >= 0.6 is 0 Å². The van der Waals surface area contributed by atoms with E-state index in [-0.39, 0.29) is 0 Å². The van der Waals surface area contributed by atoms with Gasteiger partial charge in [-0.05, 0) is 42.8 Å². The molecule has 2 aromatic carbocycles. The van der Waals surface area contributed by atoms with E-state index in [0.29, 0.717) is 29.3 Å². The maximum absolute atomic E-state index is 12.2. The predicted octanol–water partition coefficient (Wildman–Crippen LogP) is 4.16. The van der Waals surface area contributed by atoms with Gasteiger partial charge in [0.25, 0.3) is 0 Å². The zero-order valence-corrected chi connectivity index (χ0v) is 16.4. The molecule has 3 rings (SSSR count). The van der Waals surface area contributed by atoms with Crippen molar-refractivity contribution in [1.82, 2.24) is 9.78 Å². The number of amides is 1. The van der Waals surface area contributed by atoms with Gasteiger partial charge in [-0.3, -0.25) is 0 Å². The summed E-state index contributed by atoms with van der Waals surface area (Å²) >= 11 is 0. The molecule has 29 heavy (non-hydrogen) atoms. The first-order chi connectivity index (χ1) is 14.2. The van der Waals surface area contributed by atoms with Crippen LogP contribution in [0.4, 0.5) is 4.79 Å². The van der Waals surface area contributed by atoms with Crippen LogP contribution in [-0.4, -0.2) is 29.6 Å². The van der Waals surface area contributed by atoms with Gasteiger partial charge in [-0.1, -0.05) is 31.5 Å². The highest BCUT2D eigenvalue weighted by atomic mass is 16.5. The normalized spacial score (nSPS) is 11.2. The second-order valence-corrected chi connectivity index (χ2v) is 6.16. The molecule has 1 aromatic heterocycles. The van der Waals surface area contributed by atoms with Gasteiger partial charge in [0.2, 0.25) is 5.88 Å². The van der Waals surface area contributed by atoms with E-state index in [9.17, 15) is 4.79 Å². The summed E-state index contributed by atoms with van der Waals surface area (Å²) in [6, 6.07) is 18.0. The van der Waals surface area contributed by atoms with Gasteiger partial charge < -0.3 is 14.2 Å². The number of ether oxygens (including phenoxy) is 3. The van der Waals surface area contributed by atoms with Crippen molar-refractivity contribution in [3.63, 3.8) is 0 Å². The number of hydrogen-bond acceptors (Lipinski definition) is 5. The molecule has 3 aromatic rings. The highest BCUT2D eigenvalue weighted by Crippen LogP contribution is 2.17. The van der Waals surface area contributed by atoms with Gasteiger partial charge in [-0.15, -0.1) is 0 Å². The fourth-order valence-corrected chi connectivity index (χ4v) is 2.52. The van der Waals surface area contributed by atoms with E-state index in [2.05, 4.69) is 17.0 Å². The largest absolute Gasteiger partial charge is 0.497 e. The topological polar surface area (TPSA) is 74.9 Å². The average molecular weight is 393 g/mol. The fourth-order valence-electron chi connectivity index (χ4n) is 2.52. The Morgan fingerprint density at radius 2 is 1.79 bits per heavy atom. The number of nitrogens with zero attached hydrogens (tertiary/aromatic N) is 3. The minimum Gasteiger partial charge on any atom is -0.497 e. The molecule has 0 spiro atoms. The quantitative estimate of drug-likeness (QED) is 0.564. The highest BCUT2D eigenvalue weighted by Gasteiger charge is 2.07. The summed E-state index contributed by atoms with van der Waals surface area (Å²) in [5, 5.41) is 4.73. The molecule has 7 nitrogen and oxygen atoms in total. The second-order valence-electron chi connectivity index (χ2n) is 6.16. The van der Waals surface area contributed by atoms with E-state index in [1.54, 1.807) is 42.1 Å². The third kappa shape index (κ3) is 5.68. The average Bonchev–Trinajstić information content (AvgIpc) is 2.75. The molecule has 0 aliphatic rings. The van der Waals surface area contributed by atoms with Crippen molar-refractivity contribution in [2.24, 2.45) is 4.99 Å². The summed E-state index contributed by atoms with van der Waals surface area (Å²) < 4.78 is 17.9. The van der Waals surface area contributed by atoms with Crippen molar-refractivity contribution in [3.8, 4) is 23.1 Å². The van der Waals surface area contributed by atoms with Crippen molar-refractivity contribution in [3.05, 3.63) is 72.2 Å². The summed E-state index contributed by atoms with van der Waals surface area (Å²) in [7, 11) is 1.57. The number of hydrogen-bond donors (Lipinski definition) is 0. The zero-order valence-electron chi connectivity index (χ0n) is 16.4. The summed E-state index contributed by atoms with van der Waals surface area (Å²) in [5.74, 6) is 1.55. The Labute approximate surface area is 169 Å². The number of unbranched alkanes of at least 4 members (excludes halogenated alkanes) is 1. The monoisotopic (exact) mass is 393 g/mol. The molecule has 0 bridgehead atoms. The molecule has 0 aliphatic heterocycles.